The number of carbonyl (C=O) groups excluding carboxylic acids is 1. The number of amides is 1. The molecule has 0 saturated carbocycles. The highest BCUT2D eigenvalue weighted by Crippen LogP contribution is 2.29. The van der Waals surface area contributed by atoms with Gasteiger partial charge in [-0.2, -0.15) is 9.50 Å². The normalized spacial score (nSPS) is 20.4. The minimum Gasteiger partial charge on any atom is -0.466 e. The summed E-state index contributed by atoms with van der Waals surface area (Å²) in [7, 11) is 0. The molecule has 142 valence electrons. The van der Waals surface area contributed by atoms with Crippen LogP contribution in [0.25, 0.3) is 5.78 Å². The number of hydrogen-bond acceptors (Lipinski definition) is 6. The molecule has 3 aromatic heterocycles. The summed E-state index contributed by atoms with van der Waals surface area (Å²) in [4.78, 5) is 34.7. The number of aromatic nitrogens is 4. The van der Waals surface area contributed by atoms with Crippen molar-refractivity contribution >= 4 is 11.7 Å². The monoisotopic (exact) mass is 370 g/mol. The second-order valence-corrected chi connectivity index (χ2v) is 7.09. The van der Waals surface area contributed by atoms with Crippen molar-refractivity contribution < 1.29 is 9.21 Å². The summed E-state index contributed by atoms with van der Waals surface area (Å²) in [5, 5.41) is 5.88. The molecule has 0 aromatic carbocycles. The first-order valence-electron chi connectivity index (χ1n) is 8.90. The second kappa shape index (κ2) is 6.66. The third-order valence-electron chi connectivity index (χ3n) is 4.79. The maximum Gasteiger partial charge on any atom is 0.274 e. The van der Waals surface area contributed by atoms with Crippen LogP contribution in [0.15, 0.2) is 27.4 Å². The number of likely N-dealkylation sites (tertiary alicyclic amines) is 1. The topological polar surface area (TPSA) is 109 Å². The summed E-state index contributed by atoms with van der Waals surface area (Å²) in [6.45, 7) is 7.07. The van der Waals surface area contributed by atoms with Crippen LogP contribution >= 0.6 is 0 Å². The Labute approximate surface area is 155 Å². The number of fused-ring (bicyclic) bond motifs is 1. The Kier molecular flexibility index (Phi) is 4.31. The summed E-state index contributed by atoms with van der Waals surface area (Å²) >= 11 is 0. The van der Waals surface area contributed by atoms with Gasteiger partial charge in [-0.1, -0.05) is 0 Å². The van der Waals surface area contributed by atoms with Gasteiger partial charge in [0.15, 0.2) is 0 Å². The molecule has 9 heteroatoms. The Balaban J connectivity index is 1.57. The zero-order valence-corrected chi connectivity index (χ0v) is 15.5. The van der Waals surface area contributed by atoms with Crippen molar-refractivity contribution in [3.05, 3.63) is 51.6 Å². The zero-order valence-electron chi connectivity index (χ0n) is 15.5. The van der Waals surface area contributed by atoms with Crippen LogP contribution in [0, 0.1) is 13.8 Å². The van der Waals surface area contributed by atoms with Crippen LogP contribution in [-0.2, 0) is 11.3 Å². The van der Waals surface area contributed by atoms with Gasteiger partial charge in [0.2, 0.25) is 5.91 Å². The Morgan fingerprint density at radius 3 is 2.85 bits per heavy atom. The van der Waals surface area contributed by atoms with E-state index in [1.54, 1.807) is 6.92 Å². The highest BCUT2D eigenvalue weighted by molar-refractivity contribution is 5.73. The molecule has 0 radical (unpaired) electrons. The molecule has 3 aromatic rings. The first-order chi connectivity index (χ1) is 12.9. The largest absolute Gasteiger partial charge is 0.466 e. The van der Waals surface area contributed by atoms with Gasteiger partial charge >= 0.3 is 0 Å². The molecule has 2 N–H and O–H groups in total. The maximum absolute atomic E-state index is 12.2. The van der Waals surface area contributed by atoms with E-state index in [-0.39, 0.29) is 23.4 Å². The van der Waals surface area contributed by atoms with Crippen molar-refractivity contribution in [1.29, 1.82) is 0 Å². The lowest BCUT2D eigenvalue weighted by molar-refractivity contribution is -0.119. The predicted molar refractivity (Wildman–Crippen MR) is 97.4 cm³/mol. The first kappa shape index (κ1) is 17.5. The summed E-state index contributed by atoms with van der Waals surface area (Å²) in [5.41, 5.74) is 0.468. The fraction of sp³-hybridized carbons (Fsp3) is 0.444. The van der Waals surface area contributed by atoms with E-state index in [0.717, 1.165) is 11.5 Å². The number of aromatic amines is 1. The molecule has 1 fully saturated rings. The van der Waals surface area contributed by atoms with Crippen molar-refractivity contribution in [2.75, 3.05) is 13.1 Å². The number of H-pyrrole nitrogens is 1. The van der Waals surface area contributed by atoms with E-state index >= 15 is 0 Å². The SMILES string of the molecule is CC(=O)N[C@@H]1CN(Cc2cc(=O)n3[nH]c(C)nc3n2)C[C@H]1c1ccc(C)o1. The van der Waals surface area contributed by atoms with Crippen LogP contribution < -0.4 is 10.9 Å². The van der Waals surface area contributed by atoms with Crippen molar-refractivity contribution in [1.82, 2.24) is 29.8 Å². The Morgan fingerprint density at radius 1 is 1.33 bits per heavy atom. The van der Waals surface area contributed by atoms with Gasteiger partial charge in [-0.05, 0) is 26.0 Å². The molecule has 9 nitrogen and oxygen atoms in total. The quantitative estimate of drug-likeness (QED) is 0.701. The average molecular weight is 370 g/mol. The summed E-state index contributed by atoms with van der Waals surface area (Å²) < 4.78 is 7.13. The van der Waals surface area contributed by atoms with Crippen LogP contribution in [-0.4, -0.2) is 49.5 Å². The third kappa shape index (κ3) is 3.50. The molecular weight excluding hydrogens is 348 g/mol. The zero-order chi connectivity index (χ0) is 19.1. The fourth-order valence-electron chi connectivity index (χ4n) is 3.71. The Morgan fingerprint density at radius 2 is 2.15 bits per heavy atom. The van der Waals surface area contributed by atoms with Gasteiger partial charge in [-0.15, -0.1) is 0 Å². The molecule has 1 saturated heterocycles. The average Bonchev–Trinajstić information content (AvgIpc) is 3.26. The summed E-state index contributed by atoms with van der Waals surface area (Å²) in [6.07, 6.45) is 0. The van der Waals surface area contributed by atoms with Crippen LogP contribution in [0.2, 0.25) is 0 Å². The Bertz CT molecular complexity index is 1050. The fourth-order valence-corrected chi connectivity index (χ4v) is 3.71. The number of hydrogen-bond donors (Lipinski definition) is 2. The molecular formula is C18H22N6O3. The van der Waals surface area contributed by atoms with Crippen molar-refractivity contribution in [2.24, 2.45) is 0 Å². The van der Waals surface area contributed by atoms with E-state index in [4.69, 9.17) is 4.42 Å². The highest BCUT2D eigenvalue weighted by Gasteiger charge is 2.36. The predicted octanol–water partition coefficient (Wildman–Crippen LogP) is 0.732. The van der Waals surface area contributed by atoms with E-state index in [0.29, 0.717) is 36.9 Å². The number of furan rings is 1. The number of nitrogens with one attached hydrogen (secondary N) is 2. The summed E-state index contributed by atoms with van der Waals surface area (Å²) in [5.74, 6) is 2.70. The molecule has 4 heterocycles. The minimum atomic E-state index is -0.189. The number of rotatable bonds is 4. The van der Waals surface area contributed by atoms with Crippen molar-refractivity contribution in [2.45, 2.75) is 39.3 Å². The highest BCUT2D eigenvalue weighted by atomic mass is 16.3. The van der Waals surface area contributed by atoms with Gasteiger partial charge in [0.05, 0.1) is 17.7 Å². The van der Waals surface area contributed by atoms with Gasteiger partial charge < -0.3 is 9.73 Å². The van der Waals surface area contributed by atoms with Crippen LogP contribution in [0.1, 0.15) is 35.9 Å². The Hall–Kier alpha value is -2.94. The molecule has 1 aliphatic heterocycles. The lowest BCUT2D eigenvalue weighted by atomic mass is 10.0. The van der Waals surface area contributed by atoms with E-state index in [1.165, 1.54) is 17.5 Å². The van der Waals surface area contributed by atoms with Gasteiger partial charge in [0, 0.05) is 32.6 Å². The number of nitrogens with zero attached hydrogens (tertiary/aromatic N) is 4. The van der Waals surface area contributed by atoms with Gasteiger partial charge in [-0.3, -0.25) is 19.6 Å². The molecule has 1 amide bonds. The van der Waals surface area contributed by atoms with Crippen molar-refractivity contribution in [3.63, 3.8) is 0 Å². The summed E-state index contributed by atoms with van der Waals surface area (Å²) in [6, 6.07) is 5.36. The molecule has 0 spiro atoms. The van der Waals surface area contributed by atoms with Crippen LogP contribution in [0.4, 0.5) is 0 Å². The molecule has 0 aliphatic carbocycles. The molecule has 2 atom stereocenters. The maximum atomic E-state index is 12.2. The molecule has 27 heavy (non-hydrogen) atoms. The minimum absolute atomic E-state index is 0.0505. The number of carbonyl (C=O) groups is 1. The first-order valence-corrected chi connectivity index (χ1v) is 8.90. The molecule has 4 rings (SSSR count). The third-order valence-corrected chi connectivity index (χ3v) is 4.79. The molecule has 0 bridgehead atoms. The lowest BCUT2D eigenvalue weighted by Gasteiger charge is -2.17. The van der Waals surface area contributed by atoms with E-state index in [1.807, 2.05) is 19.1 Å². The van der Waals surface area contributed by atoms with Gasteiger partial charge in [-0.25, -0.2) is 4.98 Å². The van der Waals surface area contributed by atoms with E-state index < -0.39 is 0 Å². The standard InChI is InChI=1S/C18H22N6O3/c1-10-4-5-16(27-10)14-8-23(9-15(14)20-12(3)25)7-13-6-17(26)24-18(21-13)19-11(2)22-24/h4-6,14-15H,7-9H2,1-3H3,(H,20,25)(H,19,21,22)/t14-,15-/m1/s1. The van der Waals surface area contributed by atoms with Crippen LogP contribution in [0.3, 0.4) is 0 Å². The molecule has 1 aliphatic rings. The van der Waals surface area contributed by atoms with Gasteiger partial charge in [0.25, 0.3) is 11.3 Å². The van der Waals surface area contributed by atoms with E-state index in [2.05, 4.69) is 25.3 Å². The molecule has 0 unspecified atom stereocenters. The van der Waals surface area contributed by atoms with Crippen LogP contribution in [0.5, 0.6) is 0 Å². The smallest absolute Gasteiger partial charge is 0.274 e. The number of aryl methyl sites for hydroxylation is 2. The second-order valence-electron chi connectivity index (χ2n) is 7.09. The lowest BCUT2D eigenvalue weighted by Crippen LogP contribution is -2.38. The van der Waals surface area contributed by atoms with Crippen molar-refractivity contribution in [3.8, 4) is 0 Å². The van der Waals surface area contributed by atoms with Gasteiger partial charge in [0.1, 0.15) is 17.3 Å². The van der Waals surface area contributed by atoms with E-state index in [9.17, 15) is 9.59 Å².